The number of nitrogens with one attached hydrogen (secondary N) is 1. The molecule has 1 N–H and O–H groups in total. The van der Waals surface area contributed by atoms with Crippen LogP contribution in [0.3, 0.4) is 0 Å². The van der Waals surface area contributed by atoms with Crippen molar-refractivity contribution in [2.45, 2.75) is 32.6 Å². The molecule has 196 valence electrons. The minimum absolute atomic E-state index is 0.163. The lowest BCUT2D eigenvalue weighted by molar-refractivity contribution is -0.122. The first-order valence-corrected chi connectivity index (χ1v) is 13.3. The minimum atomic E-state index is -0.391. The zero-order chi connectivity index (χ0) is 27.1. The number of fused-ring (bicyclic) bond motifs is 2. The maximum Gasteiger partial charge on any atom is 0.255 e. The molecule has 1 aliphatic heterocycles. The van der Waals surface area contributed by atoms with Gasteiger partial charge in [0.2, 0.25) is 17.7 Å². The van der Waals surface area contributed by atoms with Gasteiger partial charge >= 0.3 is 0 Å². The van der Waals surface area contributed by atoms with Crippen molar-refractivity contribution in [3.8, 4) is 11.6 Å². The second-order valence-corrected chi connectivity index (χ2v) is 10.4. The third-order valence-corrected chi connectivity index (χ3v) is 7.78. The Morgan fingerprint density at radius 3 is 2.49 bits per heavy atom. The van der Waals surface area contributed by atoms with E-state index >= 15 is 0 Å². The van der Waals surface area contributed by atoms with Gasteiger partial charge in [-0.15, -0.1) is 5.10 Å². The molecule has 6 rings (SSSR count). The number of benzene rings is 3. The third-order valence-electron chi connectivity index (χ3n) is 7.49. The van der Waals surface area contributed by atoms with Crippen LogP contribution in [0.1, 0.15) is 41.6 Å². The molecule has 1 saturated heterocycles. The van der Waals surface area contributed by atoms with Gasteiger partial charge in [0.1, 0.15) is 5.75 Å². The van der Waals surface area contributed by atoms with Crippen molar-refractivity contribution in [2.24, 2.45) is 11.8 Å². The molecule has 2 fully saturated rings. The fourth-order valence-electron chi connectivity index (χ4n) is 5.44. The van der Waals surface area contributed by atoms with E-state index in [1.807, 2.05) is 31.2 Å². The lowest BCUT2D eigenvalue weighted by atomic mass is 9.81. The van der Waals surface area contributed by atoms with Gasteiger partial charge in [-0.1, -0.05) is 48.7 Å². The number of carbonyl (C=O) groups is 3. The summed E-state index contributed by atoms with van der Waals surface area (Å²) in [6.45, 7) is 1.83. The van der Waals surface area contributed by atoms with Gasteiger partial charge in [-0.2, -0.15) is 5.10 Å². The Morgan fingerprint density at radius 1 is 1.00 bits per heavy atom. The number of imide groups is 1. The molecule has 2 aliphatic rings. The molecule has 9 heteroatoms. The Balaban J connectivity index is 1.21. The molecule has 1 aliphatic carbocycles. The van der Waals surface area contributed by atoms with Gasteiger partial charge in [-0.25, -0.2) is 4.90 Å². The molecule has 0 radical (unpaired) electrons. The van der Waals surface area contributed by atoms with E-state index < -0.39 is 5.91 Å². The predicted octanol–water partition coefficient (Wildman–Crippen LogP) is 6.32. The summed E-state index contributed by atoms with van der Waals surface area (Å²) in [5.41, 5.74) is 2.01. The zero-order valence-corrected chi connectivity index (χ0v) is 21.9. The molecule has 0 bridgehead atoms. The van der Waals surface area contributed by atoms with E-state index in [1.165, 1.54) is 4.90 Å². The van der Waals surface area contributed by atoms with Crippen LogP contribution < -0.4 is 15.0 Å². The van der Waals surface area contributed by atoms with Gasteiger partial charge < -0.3 is 10.1 Å². The first-order chi connectivity index (χ1) is 18.9. The highest BCUT2D eigenvalue weighted by atomic mass is 35.5. The summed E-state index contributed by atoms with van der Waals surface area (Å²) in [5, 5.41) is 12.9. The fraction of sp³-hybridized carbons (Fsp3) is 0.233. The van der Waals surface area contributed by atoms with Crippen LogP contribution in [0.25, 0.3) is 10.8 Å². The molecule has 0 spiro atoms. The van der Waals surface area contributed by atoms with Crippen molar-refractivity contribution < 1.29 is 19.1 Å². The standard InChI is InChI=1S/C30H25ClN4O4/c1-17-10-11-18(14-25(17)35-29(37)22-8-4-5-9-23(22)30(35)38)27(36)33-20-12-13-26(24(31)15-20)39-28-21-7-3-2-6-19(21)16-32-34-28/h2-3,6-7,10-16,22-23H,4-5,8-9H2,1H3,(H,33,36). The second-order valence-electron chi connectivity index (χ2n) is 9.95. The SMILES string of the molecule is Cc1ccc(C(=O)Nc2ccc(Oc3nncc4ccccc34)c(Cl)c2)cc1N1C(=O)C2CCCCC2C1=O. The van der Waals surface area contributed by atoms with Crippen LogP contribution in [-0.4, -0.2) is 27.9 Å². The van der Waals surface area contributed by atoms with Crippen LogP contribution in [0.4, 0.5) is 11.4 Å². The van der Waals surface area contributed by atoms with E-state index in [0.29, 0.717) is 28.6 Å². The van der Waals surface area contributed by atoms with Crippen molar-refractivity contribution >= 4 is 51.5 Å². The lowest BCUT2D eigenvalue weighted by Gasteiger charge is -2.19. The number of ether oxygens (including phenoxy) is 1. The number of hydrogen-bond acceptors (Lipinski definition) is 6. The molecule has 39 heavy (non-hydrogen) atoms. The van der Waals surface area contributed by atoms with Crippen molar-refractivity contribution in [1.29, 1.82) is 0 Å². The minimum Gasteiger partial charge on any atom is -0.435 e. The first kappa shape index (κ1) is 25.0. The molecule has 3 aromatic carbocycles. The predicted molar refractivity (Wildman–Crippen MR) is 148 cm³/mol. The number of amides is 3. The Labute approximate surface area is 229 Å². The molecule has 1 saturated carbocycles. The number of nitrogens with zero attached hydrogens (tertiary/aromatic N) is 3. The van der Waals surface area contributed by atoms with E-state index in [9.17, 15) is 14.4 Å². The molecule has 2 heterocycles. The second kappa shape index (κ2) is 10.1. The van der Waals surface area contributed by atoms with E-state index in [2.05, 4.69) is 15.5 Å². The Hall–Kier alpha value is -4.30. The molecule has 2 unspecified atom stereocenters. The highest BCUT2D eigenvalue weighted by Crippen LogP contribution is 2.41. The van der Waals surface area contributed by atoms with Crippen LogP contribution >= 0.6 is 11.6 Å². The van der Waals surface area contributed by atoms with Gasteiger partial charge in [0.05, 0.1) is 28.7 Å². The number of hydrogen-bond donors (Lipinski definition) is 1. The van der Waals surface area contributed by atoms with Crippen LogP contribution in [0.5, 0.6) is 11.6 Å². The summed E-state index contributed by atoms with van der Waals surface area (Å²) in [7, 11) is 0. The number of anilines is 2. The summed E-state index contributed by atoms with van der Waals surface area (Å²) in [4.78, 5) is 40.7. The molecular formula is C30H25ClN4O4. The Morgan fingerprint density at radius 2 is 1.74 bits per heavy atom. The van der Waals surface area contributed by atoms with Gasteiger partial charge in [0.15, 0.2) is 0 Å². The Bertz CT molecular complexity index is 1610. The highest BCUT2D eigenvalue weighted by Gasteiger charge is 2.49. The van der Waals surface area contributed by atoms with Crippen LogP contribution in [-0.2, 0) is 9.59 Å². The van der Waals surface area contributed by atoms with Crippen LogP contribution in [0.2, 0.25) is 5.02 Å². The smallest absolute Gasteiger partial charge is 0.255 e. The monoisotopic (exact) mass is 540 g/mol. The van der Waals surface area contributed by atoms with E-state index in [-0.39, 0.29) is 28.7 Å². The third kappa shape index (κ3) is 4.61. The topological polar surface area (TPSA) is 101 Å². The van der Waals surface area contributed by atoms with Crippen molar-refractivity contribution in [1.82, 2.24) is 10.2 Å². The normalized spacial score (nSPS) is 18.8. The number of aryl methyl sites for hydroxylation is 1. The highest BCUT2D eigenvalue weighted by molar-refractivity contribution is 6.32. The summed E-state index contributed by atoms with van der Waals surface area (Å²) in [6, 6.07) is 17.5. The summed E-state index contributed by atoms with van der Waals surface area (Å²) in [5.74, 6) is -0.545. The van der Waals surface area contributed by atoms with Crippen molar-refractivity contribution in [2.75, 3.05) is 10.2 Å². The van der Waals surface area contributed by atoms with Gasteiger partial charge in [-0.05, 0) is 61.7 Å². The number of rotatable bonds is 5. The van der Waals surface area contributed by atoms with E-state index in [1.54, 1.807) is 42.6 Å². The number of halogens is 1. The lowest BCUT2D eigenvalue weighted by Crippen LogP contribution is -2.31. The van der Waals surface area contributed by atoms with Gasteiger partial charge in [0, 0.05) is 22.0 Å². The molecule has 3 amide bonds. The average molecular weight is 541 g/mol. The maximum absolute atomic E-state index is 13.1. The average Bonchev–Trinajstić information content (AvgIpc) is 3.20. The number of carbonyl (C=O) groups excluding carboxylic acids is 3. The van der Waals surface area contributed by atoms with Crippen LogP contribution in [0.15, 0.2) is 66.9 Å². The fourth-order valence-corrected chi connectivity index (χ4v) is 5.66. The molecule has 2 atom stereocenters. The van der Waals surface area contributed by atoms with Gasteiger partial charge in [0.25, 0.3) is 5.91 Å². The maximum atomic E-state index is 13.1. The zero-order valence-electron chi connectivity index (χ0n) is 21.2. The van der Waals surface area contributed by atoms with Crippen molar-refractivity contribution in [3.63, 3.8) is 0 Å². The van der Waals surface area contributed by atoms with Crippen molar-refractivity contribution in [3.05, 3.63) is 83.0 Å². The van der Waals surface area contributed by atoms with E-state index in [4.69, 9.17) is 16.3 Å². The Kier molecular flexibility index (Phi) is 6.48. The first-order valence-electron chi connectivity index (χ1n) is 12.9. The molecule has 1 aromatic heterocycles. The quantitative estimate of drug-likeness (QED) is 0.297. The largest absolute Gasteiger partial charge is 0.435 e. The van der Waals surface area contributed by atoms with Gasteiger partial charge in [-0.3, -0.25) is 14.4 Å². The summed E-state index contributed by atoms with van der Waals surface area (Å²) >= 11 is 6.48. The molecule has 8 nitrogen and oxygen atoms in total. The molecular weight excluding hydrogens is 516 g/mol. The number of aromatic nitrogens is 2. The summed E-state index contributed by atoms with van der Waals surface area (Å²) < 4.78 is 5.93. The molecule has 4 aromatic rings. The van der Waals surface area contributed by atoms with E-state index in [0.717, 1.165) is 42.0 Å². The summed E-state index contributed by atoms with van der Waals surface area (Å²) in [6.07, 6.45) is 5.03. The van der Waals surface area contributed by atoms with Crippen LogP contribution in [0, 0.1) is 18.8 Å².